The molecule has 0 fully saturated rings. The van der Waals surface area contributed by atoms with E-state index in [1.54, 1.807) is 30.0 Å². The summed E-state index contributed by atoms with van der Waals surface area (Å²) in [7, 11) is 0. The van der Waals surface area contributed by atoms with E-state index in [1.165, 1.54) is 0 Å². The molecule has 0 saturated heterocycles. The third kappa shape index (κ3) is 5.99. The Hall–Kier alpha value is -3.05. The zero-order chi connectivity index (χ0) is 19.6. The molecule has 142 valence electrons. The maximum absolute atomic E-state index is 12.6. The topological polar surface area (TPSA) is 58.2 Å². The Bertz CT molecular complexity index is 914. The molecule has 2 amide bonds. The van der Waals surface area contributed by atoms with Gasteiger partial charge in [0.05, 0.1) is 11.3 Å². The third-order valence-corrected chi connectivity index (χ3v) is 5.10. The number of nitrogens with one attached hydrogen (secondary N) is 2. The Morgan fingerprint density at radius 2 is 1.43 bits per heavy atom. The fraction of sp³-hybridized carbons (Fsp3) is 0.130. The lowest BCUT2D eigenvalue weighted by Gasteiger charge is -2.11. The van der Waals surface area contributed by atoms with E-state index >= 15 is 0 Å². The molecule has 0 aromatic heterocycles. The second kappa shape index (κ2) is 10.3. The first-order valence-corrected chi connectivity index (χ1v) is 10.1. The van der Waals surface area contributed by atoms with E-state index in [4.69, 9.17) is 0 Å². The molecule has 0 spiro atoms. The second-order valence-electron chi connectivity index (χ2n) is 6.17. The summed E-state index contributed by atoms with van der Waals surface area (Å²) in [6.07, 6.45) is 0.375. The van der Waals surface area contributed by atoms with Crippen molar-refractivity contribution in [3.8, 4) is 0 Å². The molecule has 4 nitrogen and oxygen atoms in total. The lowest BCUT2D eigenvalue weighted by Crippen LogP contribution is -2.24. The van der Waals surface area contributed by atoms with Gasteiger partial charge in [-0.25, -0.2) is 0 Å². The Kier molecular flexibility index (Phi) is 7.27. The molecule has 2 N–H and O–H groups in total. The second-order valence-corrected chi connectivity index (χ2v) is 7.34. The molecule has 0 radical (unpaired) electrons. The molecule has 0 unspecified atom stereocenters. The fourth-order valence-electron chi connectivity index (χ4n) is 2.65. The highest BCUT2D eigenvalue weighted by atomic mass is 32.2. The van der Waals surface area contributed by atoms with Crippen LogP contribution in [-0.4, -0.2) is 17.6 Å². The zero-order valence-electron chi connectivity index (χ0n) is 15.4. The summed E-state index contributed by atoms with van der Waals surface area (Å²) in [5.74, 6) is 0.364. The van der Waals surface area contributed by atoms with E-state index in [9.17, 15) is 9.59 Å². The number of amides is 2. The highest BCUT2D eigenvalue weighted by Crippen LogP contribution is 2.19. The van der Waals surface area contributed by atoms with Gasteiger partial charge in [-0.2, -0.15) is 0 Å². The number of thioether (sulfide) groups is 1. The summed E-state index contributed by atoms with van der Waals surface area (Å²) in [6.45, 7) is 0.440. The van der Waals surface area contributed by atoms with Crippen molar-refractivity contribution in [1.82, 2.24) is 5.32 Å². The average Bonchev–Trinajstić information content (AvgIpc) is 2.74. The molecular weight excluding hydrogens is 368 g/mol. The normalized spacial score (nSPS) is 10.3. The van der Waals surface area contributed by atoms with Crippen molar-refractivity contribution < 1.29 is 9.59 Å². The minimum atomic E-state index is -0.210. The number of anilines is 1. The predicted molar refractivity (Wildman–Crippen MR) is 114 cm³/mol. The van der Waals surface area contributed by atoms with Crippen LogP contribution >= 0.6 is 11.8 Å². The number of hydrogen-bond donors (Lipinski definition) is 2. The van der Waals surface area contributed by atoms with Crippen molar-refractivity contribution >= 4 is 29.3 Å². The van der Waals surface area contributed by atoms with Gasteiger partial charge in [-0.3, -0.25) is 9.59 Å². The van der Waals surface area contributed by atoms with Gasteiger partial charge in [0.2, 0.25) is 5.91 Å². The monoisotopic (exact) mass is 390 g/mol. The Morgan fingerprint density at radius 1 is 0.786 bits per heavy atom. The van der Waals surface area contributed by atoms with E-state index in [1.807, 2.05) is 66.7 Å². The fourth-order valence-corrected chi connectivity index (χ4v) is 3.53. The van der Waals surface area contributed by atoms with Gasteiger partial charge in [0.1, 0.15) is 0 Å². The van der Waals surface area contributed by atoms with Crippen LogP contribution in [0, 0.1) is 0 Å². The van der Waals surface area contributed by atoms with Gasteiger partial charge in [0.15, 0.2) is 0 Å². The molecule has 5 heteroatoms. The van der Waals surface area contributed by atoms with Crippen molar-refractivity contribution in [2.24, 2.45) is 0 Å². The maximum atomic E-state index is 12.6. The molecule has 0 aliphatic carbocycles. The number of rotatable bonds is 8. The molecular formula is C23H22N2O2S. The minimum absolute atomic E-state index is 0.105. The van der Waals surface area contributed by atoms with Crippen molar-refractivity contribution in [2.45, 2.75) is 17.9 Å². The van der Waals surface area contributed by atoms with Crippen molar-refractivity contribution in [3.63, 3.8) is 0 Å². The summed E-state index contributed by atoms with van der Waals surface area (Å²) in [6, 6.07) is 26.8. The summed E-state index contributed by atoms with van der Waals surface area (Å²) in [4.78, 5) is 26.0. The van der Waals surface area contributed by atoms with Gasteiger partial charge in [0.25, 0.3) is 5.91 Å². The minimum Gasteiger partial charge on any atom is -0.348 e. The van der Waals surface area contributed by atoms with Crippen LogP contribution in [0.25, 0.3) is 0 Å². The van der Waals surface area contributed by atoms with Gasteiger partial charge in [0, 0.05) is 23.6 Å². The van der Waals surface area contributed by atoms with Crippen molar-refractivity contribution in [1.29, 1.82) is 0 Å². The van der Waals surface area contributed by atoms with E-state index in [0.29, 0.717) is 30.0 Å². The van der Waals surface area contributed by atoms with Gasteiger partial charge in [-0.1, -0.05) is 60.7 Å². The molecule has 28 heavy (non-hydrogen) atoms. The van der Waals surface area contributed by atoms with Gasteiger partial charge in [-0.15, -0.1) is 11.8 Å². The molecule has 3 aromatic carbocycles. The first kappa shape index (κ1) is 19.7. The van der Waals surface area contributed by atoms with E-state index in [-0.39, 0.29) is 11.8 Å². The third-order valence-electron chi connectivity index (χ3n) is 4.08. The van der Waals surface area contributed by atoms with E-state index in [0.717, 1.165) is 10.5 Å². The maximum Gasteiger partial charge on any atom is 0.253 e. The molecule has 3 aromatic rings. The molecule has 3 rings (SSSR count). The Balaban J connectivity index is 1.54. The van der Waals surface area contributed by atoms with Crippen LogP contribution in [0.4, 0.5) is 5.69 Å². The molecule has 0 saturated carbocycles. The largest absolute Gasteiger partial charge is 0.348 e. The van der Waals surface area contributed by atoms with E-state index < -0.39 is 0 Å². The standard InChI is InChI=1S/C23H22N2O2S/c26-22(15-16-28-19-11-5-2-6-12-19)25-21-14-8-7-13-20(21)23(27)24-17-18-9-3-1-4-10-18/h1-14H,15-17H2,(H,24,27)(H,25,26). The highest BCUT2D eigenvalue weighted by molar-refractivity contribution is 7.99. The first-order valence-electron chi connectivity index (χ1n) is 9.11. The highest BCUT2D eigenvalue weighted by Gasteiger charge is 2.13. The number of benzene rings is 3. The summed E-state index contributed by atoms with van der Waals surface area (Å²) < 4.78 is 0. The first-order chi connectivity index (χ1) is 13.7. The summed E-state index contributed by atoms with van der Waals surface area (Å²) in [5.41, 5.74) is 2.01. The number of carbonyl (C=O) groups is 2. The smallest absolute Gasteiger partial charge is 0.253 e. The lowest BCUT2D eigenvalue weighted by molar-refractivity contribution is -0.115. The van der Waals surface area contributed by atoms with Crippen molar-refractivity contribution in [3.05, 3.63) is 96.1 Å². The number of hydrogen-bond acceptors (Lipinski definition) is 3. The molecule has 0 aliphatic rings. The van der Waals surface area contributed by atoms with Crippen LogP contribution in [0.5, 0.6) is 0 Å². The van der Waals surface area contributed by atoms with Gasteiger partial charge < -0.3 is 10.6 Å². The van der Waals surface area contributed by atoms with Crippen molar-refractivity contribution in [2.75, 3.05) is 11.1 Å². The van der Waals surface area contributed by atoms with Crippen LogP contribution in [0.15, 0.2) is 89.8 Å². The molecule has 0 atom stereocenters. The molecule has 0 heterocycles. The molecule has 0 aliphatic heterocycles. The van der Waals surface area contributed by atoms with Crippen LogP contribution < -0.4 is 10.6 Å². The van der Waals surface area contributed by atoms with Crippen LogP contribution in [0.1, 0.15) is 22.3 Å². The SMILES string of the molecule is O=C(CCSc1ccccc1)Nc1ccccc1C(=O)NCc1ccccc1. The molecule has 0 bridgehead atoms. The van der Waals surface area contributed by atoms with Gasteiger partial charge >= 0.3 is 0 Å². The summed E-state index contributed by atoms with van der Waals surface area (Å²) >= 11 is 1.64. The lowest BCUT2D eigenvalue weighted by atomic mass is 10.1. The Morgan fingerprint density at radius 3 is 2.18 bits per heavy atom. The van der Waals surface area contributed by atoms with Crippen LogP contribution in [-0.2, 0) is 11.3 Å². The zero-order valence-corrected chi connectivity index (χ0v) is 16.2. The Labute approximate surface area is 169 Å². The van der Waals surface area contributed by atoms with E-state index in [2.05, 4.69) is 10.6 Å². The quantitative estimate of drug-likeness (QED) is 0.546. The predicted octanol–water partition coefficient (Wildman–Crippen LogP) is 4.74. The number of para-hydroxylation sites is 1. The van der Waals surface area contributed by atoms with Gasteiger partial charge in [-0.05, 0) is 29.8 Å². The number of carbonyl (C=O) groups excluding carboxylic acids is 2. The average molecular weight is 391 g/mol. The van der Waals surface area contributed by atoms with Crippen LogP contribution in [0.3, 0.4) is 0 Å². The summed E-state index contributed by atoms with van der Waals surface area (Å²) in [5, 5.41) is 5.76. The van der Waals surface area contributed by atoms with Crippen LogP contribution in [0.2, 0.25) is 0 Å².